The zero-order valence-electron chi connectivity index (χ0n) is 11.7. The van der Waals surface area contributed by atoms with Gasteiger partial charge < -0.3 is 5.32 Å². The molecule has 0 aliphatic rings. The summed E-state index contributed by atoms with van der Waals surface area (Å²) in [7, 11) is 0. The Morgan fingerprint density at radius 3 is 2.47 bits per heavy atom. The summed E-state index contributed by atoms with van der Waals surface area (Å²) < 4.78 is 0. The molecule has 1 amide bonds. The van der Waals surface area contributed by atoms with Gasteiger partial charge in [0.2, 0.25) is 5.91 Å². The van der Waals surface area contributed by atoms with Crippen molar-refractivity contribution in [2.75, 3.05) is 11.9 Å². The molecule has 0 bridgehead atoms. The maximum atomic E-state index is 12.1. The maximum Gasteiger partial charge on any atom is 0.227 e. The smallest absolute Gasteiger partial charge is 0.227 e. The van der Waals surface area contributed by atoms with Gasteiger partial charge in [-0.3, -0.25) is 4.79 Å². The van der Waals surface area contributed by atoms with Gasteiger partial charge in [-0.1, -0.05) is 66.0 Å². The van der Waals surface area contributed by atoms with Crippen molar-refractivity contribution in [2.45, 2.75) is 44.9 Å². The molecule has 0 heterocycles. The van der Waals surface area contributed by atoms with Crippen molar-refractivity contribution in [3.63, 3.8) is 0 Å². The van der Waals surface area contributed by atoms with Crippen molar-refractivity contribution in [1.82, 2.24) is 5.32 Å². The molecule has 0 aromatic heterocycles. The summed E-state index contributed by atoms with van der Waals surface area (Å²) in [5.74, 6) is 0.151. The highest BCUT2D eigenvalue weighted by Crippen LogP contribution is 2.19. The number of carbonyl (C=O) groups is 1. The molecule has 1 N–H and O–H groups in total. The zero-order valence-corrected chi connectivity index (χ0v) is 13.3. The predicted molar refractivity (Wildman–Crippen MR) is 84.7 cm³/mol. The first kappa shape index (κ1) is 16.2. The van der Waals surface area contributed by atoms with Gasteiger partial charge >= 0.3 is 0 Å². The van der Waals surface area contributed by atoms with E-state index in [2.05, 4.69) is 28.2 Å². The second kappa shape index (κ2) is 10.0. The third-order valence-corrected chi connectivity index (χ3v) is 3.85. The maximum absolute atomic E-state index is 12.1. The minimum Gasteiger partial charge on any atom is -0.356 e. The molecule has 0 radical (unpaired) electrons. The van der Waals surface area contributed by atoms with Crippen molar-refractivity contribution in [3.8, 4) is 0 Å². The van der Waals surface area contributed by atoms with Crippen LogP contribution in [0.4, 0.5) is 0 Å². The van der Waals surface area contributed by atoms with Crippen LogP contribution in [0.2, 0.25) is 0 Å². The Hall–Kier alpha value is -0.830. The second-order valence-corrected chi connectivity index (χ2v) is 5.56. The Kier molecular flexibility index (Phi) is 8.55. The van der Waals surface area contributed by atoms with E-state index in [1.807, 2.05) is 30.3 Å². The first-order valence-corrected chi connectivity index (χ1v) is 8.30. The van der Waals surface area contributed by atoms with Gasteiger partial charge in [0, 0.05) is 11.9 Å². The summed E-state index contributed by atoms with van der Waals surface area (Å²) in [5.41, 5.74) is 1.11. The summed E-state index contributed by atoms with van der Waals surface area (Å²) >= 11 is 3.43. The largest absolute Gasteiger partial charge is 0.356 e. The fourth-order valence-electron chi connectivity index (χ4n) is 2.17. The average molecular weight is 326 g/mol. The van der Waals surface area contributed by atoms with Crippen molar-refractivity contribution in [3.05, 3.63) is 35.9 Å². The Morgan fingerprint density at radius 2 is 1.84 bits per heavy atom. The zero-order chi connectivity index (χ0) is 13.9. The van der Waals surface area contributed by atoms with Gasteiger partial charge in [-0.2, -0.15) is 0 Å². The van der Waals surface area contributed by atoms with E-state index in [0.29, 0.717) is 0 Å². The molecule has 0 spiro atoms. The Labute approximate surface area is 125 Å². The van der Waals surface area contributed by atoms with E-state index in [0.717, 1.165) is 30.3 Å². The lowest BCUT2D eigenvalue weighted by atomic mass is 9.95. The van der Waals surface area contributed by atoms with Crippen molar-refractivity contribution < 1.29 is 4.79 Å². The standard InChI is InChI=1S/C16H24BrNO/c1-2-15(14-10-6-5-7-11-14)16(19)18-13-9-4-3-8-12-17/h5-7,10-11,15H,2-4,8-9,12-13H2,1H3,(H,18,19). The molecule has 106 valence electrons. The fraction of sp³-hybridized carbons (Fsp3) is 0.562. The van der Waals surface area contributed by atoms with E-state index < -0.39 is 0 Å². The molecular weight excluding hydrogens is 302 g/mol. The number of carbonyl (C=O) groups excluding carboxylic acids is 1. The van der Waals surface area contributed by atoms with Gasteiger partial charge in [-0.25, -0.2) is 0 Å². The molecule has 0 aliphatic heterocycles. The van der Waals surface area contributed by atoms with E-state index in [4.69, 9.17) is 0 Å². The van der Waals surface area contributed by atoms with Crippen LogP contribution in [-0.4, -0.2) is 17.8 Å². The third-order valence-electron chi connectivity index (χ3n) is 3.29. The van der Waals surface area contributed by atoms with E-state index in [9.17, 15) is 4.79 Å². The van der Waals surface area contributed by atoms with Crippen LogP contribution >= 0.6 is 15.9 Å². The van der Waals surface area contributed by atoms with Crippen molar-refractivity contribution in [2.24, 2.45) is 0 Å². The number of amides is 1. The average Bonchev–Trinajstić information content (AvgIpc) is 2.45. The van der Waals surface area contributed by atoms with Crippen LogP contribution in [-0.2, 0) is 4.79 Å². The summed E-state index contributed by atoms with van der Waals surface area (Å²) in [6, 6.07) is 10.0. The normalized spacial score (nSPS) is 12.1. The van der Waals surface area contributed by atoms with Gasteiger partial charge in [-0.15, -0.1) is 0 Å². The summed E-state index contributed by atoms with van der Waals surface area (Å²) in [6.45, 7) is 2.86. The highest BCUT2D eigenvalue weighted by atomic mass is 79.9. The predicted octanol–water partition coefficient (Wildman–Crippen LogP) is 4.25. The molecule has 0 aliphatic carbocycles. The van der Waals surface area contributed by atoms with Gasteiger partial charge in [0.15, 0.2) is 0 Å². The molecular formula is C16H24BrNO. The number of hydrogen-bond acceptors (Lipinski definition) is 1. The number of unbranched alkanes of at least 4 members (excludes halogenated alkanes) is 3. The molecule has 1 unspecified atom stereocenters. The van der Waals surface area contributed by atoms with Gasteiger partial charge in [0.1, 0.15) is 0 Å². The topological polar surface area (TPSA) is 29.1 Å². The summed E-state index contributed by atoms with van der Waals surface area (Å²) in [6.07, 6.45) is 5.56. The Morgan fingerprint density at radius 1 is 1.16 bits per heavy atom. The van der Waals surface area contributed by atoms with E-state index in [-0.39, 0.29) is 11.8 Å². The third kappa shape index (κ3) is 6.24. The first-order chi connectivity index (χ1) is 9.29. The number of benzene rings is 1. The second-order valence-electron chi connectivity index (χ2n) is 4.77. The minimum absolute atomic E-state index is 0.0104. The summed E-state index contributed by atoms with van der Waals surface area (Å²) in [4.78, 5) is 12.1. The molecule has 1 aromatic rings. The van der Waals surface area contributed by atoms with Crippen LogP contribution in [0.3, 0.4) is 0 Å². The van der Waals surface area contributed by atoms with E-state index in [1.165, 1.54) is 19.3 Å². The molecule has 1 aromatic carbocycles. The number of rotatable bonds is 9. The molecule has 0 saturated carbocycles. The lowest BCUT2D eigenvalue weighted by molar-refractivity contribution is -0.122. The van der Waals surface area contributed by atoms with Crippen LogP contribution in [0, 0.1) is 0 Å². The number of nitrogens with one attached hydrogen (secondary N) is 1. The highest BCUT2D eigenvalue weighted by Gasteiger charge is 2.17. The van der Waals surface area contributed by atoms with Crippen molar-refractivity contribution >= 4 is 21.8 Å². The molecule has 3 heteroatoms. The molecule has 0 saturated heterocycles. The van der Waals surface area contributed by atoms with Gasteiger partial charge in [0.25, 0.3) is 0 Å². The lowest BCUT2D eigenvalue weighted by Crippen LogP contribution is -2.29. The number of hydrogen-bond donors (Lipinski definition) is 1. The van der Waals surface area contributed by atoms with Gasteiger partial charge in [0.05, 0.1) is 5.92 Å². The van der Waals surface area contributed by atoms with E-state index in [1.54, 1.807) is 0 Å². The number of halogens is 1. The minimum atomic E-state index is -0.0104. The fourth-order valence-corrected chi connectivity index (χ4v) is 2.56. The van der Waals surface area contributed by atoms with Crippen LogP contribution in [0.5, 0.6) is 0 Å². The molecule has 19 heavy (non-hydrogen) atoms. The first-order valence-electron chi connectivity index (χ1n) is 7.18. The van der Waals surface area contributed by atoms with Gasteiger partial charge in [-0.05, 0) is 24.8 Å². The summed E-state index contributed by atoms with van der Waals surface area (Å²) in [5, 5.41) is 4.13. The number of alkyl halides is 1. The van der Waals surface area contributed by atoms with E-state index >= 15 is 0 Å². The monoisotopic (exact) mass is 325 g/mol. The Bertz CT molecular complexity index is 353. The quantitative estimate of drug-likeness (QED) is 0.533. The molecule has 1 atom stereocenters. The SMILES string of the molecule is CCC(C(=O)NCCCCCCBr)c1ccccc1. The van der Waals surface area contributed by atoms with Crippen LogP contribution < -0.4 is 5.32 Å². The molecule has 0 fully saturated rings. The van der Waals surface area contributed by atoms with Crippen LogP contribution in [0.25, 0.3) is 0 Å². The van der Waals surface area contributed by atoms with Crippen LogP contribution in [0.15, 0.2) is 30.3 Å². The van der Waals surface area contributed by atoms with Crippen LogP contribution in [0.1, 0.15) is 50.5 Å². The molecule has 2 nitrogen and oxygen atoms in total. The highest BCUT2D eigenvalue weighted by molar-refractivity contribution is 9.09. The Balaban J connectivity index is 2.31. The lowest BCUT2D eigenvalue weighted by Gasteiger charge is -2.15. The van der Waals surface area contributed by atoms with Crippen molar-refractivity contribution in [1.29, 1.82) is 0 Å². The molecule has 1 rings (SSSR count).